The highest BCUT2D eigenvalue weighted by Crippen LogP contribution is 2.27. The van der Waals surface area contributed by atoms with E-state index in [1.54, 1.807) is 13.1 Å². The van der Waals surface area contributed by atoms with E-state index >= 15 is 0 Å². The minimum absolute atomic E-state index is 0.0246. The van der Waals surface area contributed by atoms with Gasteiger partial charge in [0.2, 0.25) is 0 Å². The molecule has 0 bridgehead atoms. The van der Waals surface area contributed by atoms with Crippen LogP contribution in [0.3, 0.4) is 0 Å². The third-order valence-corrected chi connectivity index (χ3v) is 5.05. The van der Waals surface area contributed by atoms with Crippen LogP contribution in [0.4, 0.5) is 19.4 Å². The molecule has 10 nitrogen and oxygen atoms in total. The SMILES string of the molecule is C=C=C(C)N(CC(=O)O)C(=O)OCCC[C@@H](C)Nc1nc(-c2c[nH]c3ncc(F)cc23)ncc1F. The number of aliphatic carboxylic acids is 1. The molecule has 0 aromatic carbocycles. The van der Waals surface area contributed by atoms with E-state index in [0.29, 0.717) is 29.4 Å². The quantitative estimate of drug-likeness (QED) is 0.288. The van der Waals surface area contributed by atoms with Crippen LogP contribution in [0, 0.1) is 11.6 Å². The van der Waals surface area contributed by atoms with Crippen molar-refractivity contribution in [2.24, 2.45) is 0 Å². The maximum atomic E-state index is 14.3. The molecule has 0 radical (unpaired) electrons. The Morgan fingerprint density at radius 1 is 1.34 bits per heavy atom. The van der Waals surface area contributed by atoms with E-state index in [4.69, 9.17) is 9.84 Å². The van der Waals surface area contributed by atoms with Crippen molar-refractivity contribution in [2.75, 3.05) is 18.5 Å². The lowest BCUT2D eigenvalue weighted by Crippen LogP contribution is -2.34. The van der Waals surface area contributed by atoms with Gasteiger partial charge >= 0.3 is 12.1 Å². The number of halogens is 2. The lowest BCUT2D eigenvalue weighted by molar-refractivity contribution is -0.137. The van der Waals surface area contributed by atoms with Crippen LogP contribution in [-0.4, -0.2) is 61.2 Å². The summed E-state index contributed by atoms with van der Waals surface area (Å²) in [7, 11) is 0. The van der Waals surface area contributed by atoms with Crippen molar-refractivity contribution in [3.63, 3.8) is 0 Å². The van der Waals surface area contributed by atoms with Gasteiger partial charge in [0.1, 0.15) is 18.0 Å². The molecule has 0 saturated carbocycles. The summed E-state index contributed by atoms with van der Waals surface area (Å²) in [6.07, 6.45) is 3.77. The van der Waals surface area contributed by atoms with Crippen molar-refractivity contribution >= 4 is 28.9 Å². The average Bonchev–Trinajstić information content (AvgIpc) is 3.24. The van der Waals surface area contributed by atoms with Gasteiger partial charge in [-0.25, -0.2) is 28.5 Å². The van der Waals surface area contributed by atoms with Crippen LogP contribution in [0.5, 0.6) is 0 Å². The van der Waals surface area contributed by atoms with Gasteiger partial charge in [-0.05, 0) is 32.8 Å². The molecule has 3 rings (SSSR count). The van der Waals surface area contributed by atoms with Gasteiger partial charge in [-0.2, -0.15) is 0 Å². The molecule has 3 aromatic heterocycles. The molecule has 1 amide bonds. The highest BCUT2D eigenvalue weighted by Gasteiger charge is 2.20. The number of nitrogens with zero attached hydrogens (tertiary/aromatic N) is 4. The number of hydrogen-bond donors (Lipinski definition) is 3. The van der Waals surface area contributed by atoms with Crippen LogP contribution in [0.2, 0.25) is 0 Å². The molecule has 0 aliphatic rings. The maximum absolute atomic E-state index is 14.3. The Morgan fingerprint density at radius 3 is 2.83 bits per heavy atom. The summed E-state index contributed by atoms with van der Waals surface area (Å²) in [4.78, 5) is 39.1. The first kappa shape index (κ1) is 25.3. The number of nitrogens with one attached hydrogen (secondary N) is 2. The zero-order chi connectivity index (χ0) is 25.5. The first-order chi connectivity index (χ1) is 16.7. The third kappa shape index (κ3) is 6.39. The normalized spacial score (nSPS) is 11.5. The minimum Gasteiger partial charge on any atom is -0.480 e. The van der Waals surface area contributed by atoms with Crippen LogP contribution < -0.4 is 5.32 Å². The molecule has 3 heterocycles. The fourth-order valence-corrected chi connectivity index (χ4v) is 3.24. The second kappa shape index (κ2) is 11.2. The molecular formula is C23H24F2N6O4. The number of anilines is 1. The Balaban J connectivity index is 1.59. The van der Waals surface area contributed by atoms with Gasteiger partial charge in [0.15, 0.2) is 17.5 Å². The smallest absolute Gasteiger partial charge is 0.415 e. The Hall–Kier alpha value is -4.31. The summed E-state index contributed by atoms with van der Waals surface area (Å²) in [6.45, 7) is 6.16. The molecule has 184 valence electrons. The molecule has 0 aliphatic heterocycles. The number of amides is 1. The van der Waals surface area contributed by atoms with Crippen LogP contribution in [0.15, 0.2) is 42.7 Å². The van der Waals surface area contributed by atoms with Crippen molar-refractivity contribution in [1.82, 2.24) is 24.8 Å². The molecule has 0 saturated heterocycles. The first-order valence-electron chi connectivity index (χ1n) is 10.6. The number of allylic oxidation sites excluding steroid dienone is 1. The number of rotatable bonds is 10. The molecule has 0 fully saturated rings. The van der Waals surface area contributed by atoms with E-state index in [0.717, 1.165) is 17.3 Å². The molecule has 3 N–H and O–H groups in total. The van der Waals surface area contributed by atoms with Crippen molar-refractivity contribution in [1.29, 1.82) is 0 Å². The van der Waals surface area contributed by atoms with E-state index in [1.807, 2.05) is 0 Å². The predicted octanol–water partition coefficient (Wildman–Crippen LogP) is 4.09. The lowest BCUT2D eigenvalue weighted by Gasteiger charge is -2.20. The van der Waals surface area contributed by atoms with E-state index in [1.165, 1.54) is 13.0 Å². The standard InChI is InChI=1S/C23H24F2N6O4/c1-4-14(3)31(12-19(32)33)23(34)35-7-5-6-13(2)29-22-18(25)11-28-21(30-22)17-10-27-20-16(17)8-15(24)9-26-20/h8-11,13H,1,5-7,12H2,2-3H3,(H,26,27)(H,32,33)(H,28,29,30)/t13-/m1/s1. The number of aromatic amines is 1. The molecule has 0 unspecified atom stereocenters. The van der Waals surface area contributed by atoms with Crippen LogP contribution in [-0.2, 0) is 9.53 Å². The number of carboxylic acids is 1. The van der Waals surface area contributed by atoms with Gasteiger partial charge in [0.05, 0.1) is 24.7 Å². The van der Waals surface area contributed by atoms with Crippen LogP contribution in [0.1, 0.15) is 26.7 Å². The predicted molar refractivity (Wildman–Crippen MR) is 123 cm³/mol. The minimum atomic E-state index is -1.20. The van der Waals surface area contributed by atoms with Crippen LogP contribution in [0.25, 0.3) is 22.4 Å². The maximum Gasteiger partial charge on any atom is 0.415 e. The number of carboxylic acid groups (broad SMARTS) is 1. The second-order valence-electron chi connectivity index (χ2n) is 7.69. The Labute approximate surface area is 199 Å². The van der Waals surface area contributed by atoms with Gasteiger partial charge in [-0.15, -0.1) is 5.73 Å². The Morgan fingerprint density at radius 2 is 2.11 bits per heavy atom. The summed E-state index contributed by atoms with van der Waals surface area (Å²) in [5, 5.41) is 12.4. The number of carbonyl (C=O) groups excluding carboxylic acids is 1. The number of ether oxygens (including phenoxy) is 1. The van der Waals surface area contributed by atoms with E-state index in [2.05, 4.69) is 37.6 Å². The molecule has 0 spiro atoms. The molecule has 3 aromatic rings. The van der Waals surface area contributed by atoms with Crippen molar-refractivity contribution in [3.8, 4) is 11.4 Å². The van der Waals surface area contributed by atoms with Crippen molar-refractivity contribution in [3.05, 3.63) is 54.3 Å². The molecule has 0 aliphatic carbocycles. The van der Waals surface area contributed by atoms with Gasteiger partial charge in [-0.3, -0.25) is 9.69 Å². The summed E-state index contributed by atoms with van der Waals surface area (Å²) in [5.41, 5.74) is 3.63. The zero-order valence-corrected chi connectivity index (χ0v) is 19.1. The van der Waals surface area contributed by atoms with Crippen molar-refractivity contribution in [2.45, 2.75) is 32.7 Å². The summed E-state index contributed by atoms with van der Waals surface area (Å²) in [5.74, 6) is -2.22. The molecule has 1 atom stereocenters. The number of carbonyl (C=O) groups is 2. The Bertz CT molecular complexity index is 1290. The van der Waals surface area contributed by atoms with Crippen molar-refractivity contribution < 1.29 is 28.2 Å². The number of H-pyrrole nitrogens is 1. The van der Waals surface area contributed by atoms with E-state index < -0.39 is 30.2 Å². The highest BCUT2D eigenvalue weighted by molar-refractivity contribution is 5.91. The number of aromatic nitrogens is 4. The lowest BCUT2D eigenvalue weighted by atomic mass is 10.2. The summed E-state index contributed by atoms with van der Waals surface area (Å²) >= 11 is 0. The Kier molecular flexibility index (Phi) is 8.11. The van der Waals surface area contributed by atoms with E-state index in [-0.39, 0.29) is 30.0 Å². The zero-order valence-electron chi connectivity index (χ0n) is 19.1. The molecular weight excluding hydrogens is 462 g/mol. The van der Waals surface area contributed by atoms with Crippen LogP contribution >= 0.6 is 0 Å². The number of hydrogen-bond acceptors (Lipinski definition) is 7. The summed E-state index contributed by atoms with van der Waals surface area (Å²) in [6, 6.07) is 1.04. The molecule has 35 heavy (non-hydrogen) atoms. The van der Waals surface area contributed by atoms with Gasteiger partial charge in [0, 0.05) is 23.2 Å². The topological polar surface area (TPSA) is 133 Å². The van der Waals surface area contributed by atoms with Gasteiger partial charge < -0.3 is 20.1 Å². The number of fused-ring (bicyclic) bond motifs is 1. The number of pyridine rings is 1. The average molecular weight is 486 g/mol. The fourth-order valence-electron chi connectivity index (χ4n) is 3.24. The largest absolute Gasteiger partial charge is 0.480 e. The third-order valence-electron chi connectivity index (χ3n) is 5.05. The van der Waals surface area contributed by atoms with Gasteiger partial charge in [-0.1, -0.05) is 6.58 Å². The highest BCUT2D eigenvalue weighted by atomic mass is 19.1. The van der Waals surface area contributed by atoms with E-state index in [9.17, 15) is 18.4 Å². The first-order valence-corrected chi connectivity index (χ1v) is 10.6. The summed E-state index contributed by atoms with van der Waals surface area (Å²) < 4.78 is 33.1. The second-order valence-corrected chi connectivity index (χ2v) is 7.69. The fraction of sp³-hybridized carbons (Fsp3) is 0.304. The monoisotopic (exact) mass is 486 g/mol. The van der Waals surface area contributed by atoms with Gasteiger partial charge in [0.25, 0.3) is 0 Å². The molecule has 12 heteroatoms.